The second kappa shape index (κ2) is 12.3. The van der Waals surface area contributed by atoms with Crippen LogP contribution in [-0.4, -0.2) is 45.2 Å². The van der Waals surface area contributed by atoms with Crippen LogP contribution in [0.2, 0.25) is 0 Å². The van der Waals surface area contributed by atoms with E-state index in [1.165, 1.54) is 57.8 Å². The van der Waals surface area contributed by atoms with Gasteiger partial charge in [0.05, 0.1) is 17.6 Å². The number of likely N-dealkylation sites (tertiary alicyclic amines) is 1. The van der Waals surface area contributed by atoms with Gasteiger partial charge in [0.15, 0.2) is 0 Å². The predicted octanol–water partition coefficient (Wildman–Crippen LogP) is 6.45. The molecule has 2 aliphatic carbocycles. The SMILES string of the molecule is CCOC(=O)CCCc1nc2ccccc2n([C@@H](C)C[C@@H]2CCC[C@H](C)N2C2CC3CCCC(C3)C2)c1=O. The number of hydrogen-bond donors (Lipinski definition) is 0. The summed E-state index contributed by atoms with van der Waals surface area (Å²) in [4.78, 5) is 33.3. The Morgan fingerprint density at radius 2 is 1.82 bits per heavy atom. The third-order valence-corrected chi connectivity index (χ3v) is 9.63. The Bertz CT molecular complexity index is 1150. The molecule has 3 aliphatic rings. The molecule has 1 saturated heterocycles. The molecule has 0 spiro atoms. The van der Waals surface area contributed by atoms with E-state index >= 15 is 0 Å². The fourth-order valence-corrected chi connectivity index (χ4v) is 8.08. The molecule has 1 aromatic heterocycles. The van der Waals surface area contributed by atoms with Crippen LogP contribution in [0.1, 0.15) is 110 Å². The highest BCUT2D eigenvalue weighted by Gasteiger charge is 2.40. The number of aryl methyl sites for hydroxylation is 1. The molecule has 5 atom stereocenters. The molecule has 208 valence electrons. The minimum absolute atomic E-state index is 0.00247. The molecule has 0 N–H and O–H groups in total. The number of hydrogen-bond acceptors (Lipinski definition) is 5. The van der Waals surface area contributed by atoms with Gasteiger partial charge < -0.3 is 9.30 Å². The fourth-order valence-electron chi connectivity index (χ4n) is 8.08. The zero-order chi connectivity index (χ0) is 26.6. The van der Waals surface area contributed by atoms with Gasteiger partial charge in [0.25, 0.3) is 5.56 Å². The van der Waals surface area contributed by atoms with Gasteiger partial charge in [-0.05, 0) is 96.1 Å². The maximum Gasteiger partial charge on any atom is 0.305 e. The molecule has 38 heavy (non-hydrogen) atoms. The highest BCUT2D eigenvalue weighted by Crippen LogP contribution is 2.44. The summed E-state index contributed by atoms with van der Waals surface area (Å²) in [6.07, 6.45) is 14.6. The lowest BCUT2D eigenvalue weighted by Gasteiger charge is -2.51. The molecule has 0 radical (unpaired) electrons. The van der Waals surface area contributed by atoms with Gasteiger partial charge in [-0.15, -0.1) is 0 Å². The van der Waals surface area contributed by atoms with Crippen LogP contribution < -0.4 is 5.56 Å². The largest absolute Gasteiger partial charge is 0.466 e. The van der Waals surface area contributed by atoms with E-state index in [-0.39, 0.29) is 17.6 Å². The smallest absolute Gasteiger partial charge is 0.305 e. The number of benzene rings is 1. The van der Waals surface area contributed by atoms with E-state index in [4.69, 9.17) is 9.72 Å². The lowest BCUT2D eigenvalue weighted by molar-refractivity contribution is -0.143. The Kier molecular flexibility index (Phi) is 8.87. The molecule has 6 nitrogen and oxygen atoms in total. The van der Waals surface area contributed by atoms with E-state index in [2.05, 4.69) is 18.7 Å². The summed E-state index contributed by atoms with van der Waals surface area (Å²) in [6, 6.07) is 9.95. The van der Waals surface area contributed by atoms with Crippen LogP contribution in [0, 0.1) is 11.8 Å². The highest BCUT2D eigenvalue weighted by molar-refractivity contribution is 5.74. The van der Waals surface area contributed by atoms with Crippen molar-refractivity contribution in [3.63, 3.8) is 0 Å². The highest BCUT2D eigenvalue weighted by atomic mass is 16.5. The third-order valence-electron chi connectivity index (χ3n) is 9.63. The first-order valence-electron chi connectivity index (χ1n) is 15.4. The van der Waals surface area contributed by atoms with Gasteiger partial charge in [-0.2, -0.15) is 0 Å². The summed E-state index contributed by atoms with van der Waals surface area (Å²) < 4.78 is 7.08. The molecular formula is C32H47N3O3. The van der Waals surface area contributed by atoms with Gasteiger partial charge in [0, 0.05) is 30.6 Å². The molecular weight excluding hydrogens is 474 g/mol. The minimum Gasteiger partial charge on any atom is -0.466 e. The van der Waals surface area contributed by atoms with Crippen molar-refractivity contribution in [3.05, 3.63) is 40.3 Å². The zero-order valence-electron chi connectivity index (χ0n) is 23.7. The van der Waals surface area contributed by atoms with E-state index in [0.29, 0.717) is 49.7 Å². The summed E-state index contributed by atoms with van der Waals surface area (Å²) >= 11 is 0. The summed E-state index contributed by atoms with van der Waals surface area (Å²) in [5, 5.41) is 0. The topological polar surface area (TPSA) is 64.4 Å². The summed E-state index contributed by atoms with van der Waals surface area (Å²) in [7, 11) is 0. The Morgan fingerprint density at radius 3 is 2.58 bits per heavy atom. The number of esters is 1. The Balaban J connectivity index is 1.38. The molecule has 1 aliphatic heterocycles. The summed E-state index contributed by atoms with van der Waals surface area (Å²) in [5.74, 6) is 1.63. The van der Waals surface area contributed by atoms with Crippen LogP contribution in [-0.2, 0) is 16.0 Å². The lowest BCUT2D eigenvalue weighted by atomic mass is 9.69. The molecule has 2 saturated carbocycles. The molecule has 3 fully saturated rings. The van der Waals surface area contributed by atoms with Crippen LogP contribution in [0.25, 0.3) is 11.0 Å². The number of piperidine rings is 1. The molecule has 2 bridgehead atoms. The van der Waals surface area contributed by atoms with E-state index in [1.54, 1.807) is 0 Å². The monoisotopic (exact) mass is 521 g/mol. The first kappa shape index (κ1) is 27.4. The Morgan fingerprint density at radius 1 is 1.08 bits per heavy atom. The van der Waals surface area contributed by atoms with Gasteiger partial charge in [-0.3, -0.25) is 14.5 Å². The van der Waals surface area contributed by atoms with Crippen LogP contribution in [0.4, 0.5) is 0 Å². The van der Waals surface area contributed by atoms with Gasteiger partial charge in [-0.1, -0.05) is 37.8 Å². The number of para-hydroxylation sites is 2. The first-order chi connectivity index (χ1) is 18.4. The molecule has 1 aromatic carbocycles. The maximum atomic E-state index is 13.8. The molecule has 2 unspecified atom stereocenters. The number of rotatable bonds is 9. The Labute approximate surface area is 228 Å². The van der Waals surface area contributed by atoms with Crippen molar-refractivity contribution in [2.45, 2.75) is 128 Å². The molecule has 2 heterocycles. The van der Waals surface area contributed by atoms with Crippen molar-refractivity contribution in [2.24, 2.45) is 11.8 Å². The fraction of sp³-hybridized carbons (Fsp3) is 0.719. The number of fused-ring (bicyclic) bond motifs is 3. The number of ether oxygens (including phenoxy) is 1. The van der Waals surface area contributed by atoms with Crippen LogP contribution in [0.15, 0.2) is 29.1 Å². The van der Waals surface area contributed by atoms with E-state index in [9.17, 15) is 9.59 Å². The summed E-state index contributed by atoms with van der Waals surface area (Å²) in [5.41, 5.74) is 2.34. The van der Waals surface area contributed by atoms with Gasteiger partial charge >= 0.3 is 5.97 Å². The quantitative estimate of drug-likeness (QED) is 0.355. The van der Waals surface area contributed by atoms with Crippen molar-refractivity contribution >= 4 is 17.0 Å². The summed E-state index contributed by atoms with van der Waals surface area (Å²) in [6.45, 7) is 6.87. The average molecular weight is 522 g/mol. The predicted molar refractivity (Wildman–Crippen MR) is 152 cm³/mol. The van der Waals surface area contributed by atoms with Crippen molar-refractivity contribution in [2.75, 3.05) is 6.61 Å². The van der Waals surface area contributed by atoms with Crippen LogP contribution in [0.3, 0.4) is 0 Å². The normalized spacial score (nSPS) is 28.8. The van der Waals surface area contributed by atoms with Crippen molar-refractivity contribution < 1.29 is 9.53 Å². The van der Waals surface area contributed by atoms with Crippen LogP contribution in [0.5, 0.6) is 0 Å². The number of aromatic nitrogens is 2. The second-order valence-electron chi connectivity index (χ2n) is 12.4. The van der Waals surface area contributed by atoms with Gasteiger partial charge in [-0.25, -0.2) is 4.98 Å². The van der Waals surface area contributed by atoms with Crippen molar-refractivity contribution in [3.8, 4) is 0 Å². The van der Waals surface area contributed by atoms with Crippen LogP contribution >= 0.6 is 0 Å². The first-order valence-corrected chi connectivity index (χ1v) is 15.4. The van der Waals surface area contributed by atoms with E-state index < -0.39 is 0 Å². The second-order valence-corrected chi connectivity index (χ2v) is 12.4. The van der Waals surface area contributed by atoms with Gasteiger partial charge in [0.2, 0.25) is 0 Å². The Hall–Kier alpha value is -2.21. The number of carbonyl (C=O) groups is 1. The lowest BCUT2D eigenvalue weighted by Crippen LogP contribution is -2.54. The molecule has 2 aromatic rings. The molecule has 5 rings (SSSR count). The minimum atomic E-state index is -0.208. The number of carbonyl (C=O) groups excluding carboxylic acids is 1. The van der Waals surface area contributed by atoms with E-state index in [1.807, 2.05) is 35.8 Å². The maximum absolute atomic E-state index is 13.8. The third kappa shape index (κ3) is 6.00. The van der Waals surface area contributed by atoms with Crippen molar-refractivity contribution in [1.82, 2.24) is 14.5 Å². The molecule has 0 amide bonds. The zero-order valence-corrected chi connectivity index (χ0v) is 23.7. The standard InChI is InChI=1S/C32H47N3O3/c1-4-38-31(36)17-9-15-29-32(37)35(30-16-6-5-14-28(30)33-29)23(3)18-26-13-7-10-22(2)34(26)27-20-24-11-8-12-25(19-24)21-27/h5-6,14,16,22-27H,4,7-13,15,17-21H2,1-3H3/t22-,23-,24?,25?,26-,27?/m0/s1. The average Bonchev–Trinajstić information content (AvgIpc) is 2.89. The van der Waals surface area contributed by atoms with Gasteiger partial charge in [0.1, 0.15) is 5.69 Å². The number of nitrogens with zero attached hydrogens (tertiary/aromatic N) is 3. The van der Waals surface area contributed by atoms with Crippen molar-refractivity contribution in [1.29, 1.82) is 0 Å². The molecule has 6 heteroatoms. The van der Waals surface area contributed by atoms with E-state index in [0.717, 1.165) is 29.3 Å².